The molecule has 0 spiro atoms. The molecule has 0 aliphatic carbocycles. The summed E-state index contributed by atoms with van der Waals surface area (Å²) < 4.78 is 6.88. The van der Waals surface area contributed by atoms with Gasteiger partial charge in [-0.25, -0.2) is 0 Å². The van der Waals surface area contributed by atoms with Crippen molar-refractivity contribution < 1.29 is 4.74 Å². The second kappa shape index (κ2) is 4.71. The Bertz CT molecular complexity index is 667. The van der Waals surface area contributed by atoms with Gasteiger partial charge in [0.05, 0.1) is 12.3 Å². The minimum absolute atomic E-state index is 0.495. The maximum absolute atomic E-state index is 5.73. The molecule has 0 amide bonds. The molecular formula is C16H18BrNO. The molecule has 0 atom stereocenters. The van der Waals surface area contributed by atoms with Crippen LogP contribution in [0.15, 0.2) is 22.7 Å². The van der Waals surface area contributed by atoms with Crippen molar-refractivity contribution in [2.24, 2.45) is 0 Å². The molecule has 2 nitrogen and oxygen atoms in total. The highest BCUT2D eigenvalue weighted by Crippen LogP contribution is 2.37. The van der Waals surface area contributed by atoms with Crippen LogP contribution in [0.5, 0.6) is 0 Å². The van der Waals surface area contributed by atoms with Crippen LogP contribution in [0, 0.1) is 0 Å². The van der Waals surface area contributed by atoms with Crippen molar-refractivity contribution in [3.8, 4) is 0 Å². The van der Waals surface area contributed by atoms with E-state index in [2.05, 4.69) is 46.9 Å². The quantitative estimate of drug-likeness (QED) is 0.787. The summed E-state index contributed by atoms with van der Waals surface area (Å²) in [6.45, 7) is 7.25. The molecule has 100 valence electrons. The molecule has 2 heterocycles. The molecule has 1 N–H and O–H groups in total. The summed E-state index contributed by atoms with van der Waals surface area (Å²) in [4.78, 5) is 3.58. The Labute approximate surface area is 122 Å². The number of benzene rings is 1. The van der Waals surface area contributed by atoms with Gasteiger partial charge in [0.2, 0.25) is 0 Å². The third-order valence-corrected chi connectivity index (χ3v) is 4.21. The molecule has 0 fully saturated rings. The Morgan fingerprint density at radius 3 is 2.84 bits per heavy atom. The summed E-state index contributed by atoms with van der Waals surface area (Å²) in [5, 5.41) is 1.33. The number of fused-ring (bicyclic) bond motifs is 3. The average molecular weight is 320 g/mol. The summed E-state index contributed by atoms with van der Waals surface area (Å²) in [6, 6.07) is 4.43. The lowest BCUT2D eigenvalue weighted by atomic mass is 9.98. The maximum Gasteiger partial charge on any atom is 0.138 e. The summed E-state index contributed by atoms with van der Waals surface area (Å²) in [7, 11) is 0. The molecule has 0 saturated carbocycles. The van der Waals surface area contributed by atoms with E-state index < -0.39 is 0 Å². The van der Waals surface area contributed by atoms with Crippen LogP contribution < -0.4 is 0 Å². The maximum atomic E-state index is 5.73. The lowest BCUT2D eigenvalue weighted by molar-refractivity contribution is 0.269. The van der Waals surface area contributed by atoms with Crippen LogP contribution >= 0.6 is 15.9 Å². The zero-order chi connectivity index (χ0) is 13.6. The van der Waals surface area contributed by atoms with E-state index >= 15 is 0 Å². The van der Waals surface area contributed by atoms with Gasteiger partial charge in [-0.1, -0.05) is 29.8 Å². The number of hydrogen-bond donors (Lipinski definition) is 1. The summed E-state index contributed by atoms with van der Waals surface area (Å²) >= 11 is 3.64. The fourth-order valence-corrected chi connectivity index (χ4v) is 3.30. The zero-order valence-electron chi connectivity index (χ0n) is 11.5. The first-order valence-electron chi connectivity index (χ1n) is 6.75. The van der Waals surface area contributed by atoms with Crippen LogP contribution in [-0.4, -0.2) is 11.6 Å². The standard InChI is InChI=1S/C16H18BrNO/c1-4-14-16-11(5-6-19-14)13-8-10(17)7-12(9(2)3)15(13)18-16/h4,7-9,18H,5-6H2,1-3H3/b14-4-. The van der Waals surface area contributed by atoms with Gasteiger partial charge in [0.1, 0.15) is 5.76 Å². The van der Waals surface area contributed by atoms with Crippen LogP contribution in [0.3, 0.4) is 0 Å². The van der Waals surface area contributed by atoms with Gasteiger partial charge in [-0.2, -0.15) is 0 Å². The molecule has 1 aliphatic heterocycles. The summed E-state index contributed by atoms with van der Waals surface area (Å²) in [5.41, 5.74) is 5.16. The Hall–Kier alpha value is -1.22. The van der Waals surface area contributed by atoms with Gasteiger partial charge in [-0.15, -0.1) is 0 Å². The lowest BCUT2D eigenvalue weighted by Crippen LogP contribution is -2.07. The zero-order valence-corrected chi connectivity index (χ0v) is 13.1. The SMILES string of the molecule is C/C=C1\OCCc2c1[nH]c1c(C(C)C)cc(Br)cc21. The number of nitrogens with one attached hydrogen (secondary N) is 1. The monoisotopic (exact) mass is 319 g/mol. The molecule has 1 aliphatic rings. The molecule has 0 radical (unpaired) electrons. The minimum atomic E-state index is 0.495. The van der Waals surface area contributed by atoms with E-state index in [0.717, 1.165) is 29.0 Å². The lowest BCUT2D eigenvalue weighted by Gasteiger charge is -2.16. The van der Waals surface area contributed by atoms with Crippen molar-refractivity contribution >= 4 is 32.6 Å². The van der Waals surface area contributed by atoms with Gasteiger partial charge < -0.3 is 9.72 Å². The largest absolute Gasteiger partial charge is 0.491 e. The third kappa shape index (κ3) is 2.00. The van der Waals surface area contributed by atoms with Crippen LogP contribution in [0.2, 0.25) is 0 Å². The molecule has 1 aromatic heterocycles. The summed E-state index contributed by atoms with van der Waals surface area (Å²) in [6.07, 6.45) is 3.01. The third-order valence-electron chi connectivity index (χ3n) is 3.75. The first kappa shape index (κ1) is 12.8. The van der Waals surface area contributed by atoms with E-state index in [1.807, 2.05) is 13.0 Å². The van der Waals surface area contributed by atoms with Crippen molar-refractivity contribution in [3.05, 3.63) is 39.5 Å². The number of halogens is 1. The first-order chi connectivity index (χ1) is 9.11. The Kier molecular flexibility index (Phi) is 3.17. The average Bonchev–Trinajstić information content (AvgIpc) is 2.76. The number of H-pyrrole nitrogens is 1. The van der Waals surface area contributed by atoms with E-state index in [1.54, 1.807) is 0 Å². The molecule has 3 rings (SSSR count). The molecule has 19 heavy (non-hydrogen) atoms. The van der Waals surface area contributed by atoms with Crippen molar-refractivity contribution in [1.29, 1.82) is 0 Å². The van der Waals surface area contributed by atoms with Crippen molar-refractivity contribution in [3.63, 3.8) is 0 Å². The highest BCUT2D eigenvalue weighted by atomic mass is 79.9. The van der Waals surface area contributed by atoms with E-state index in [0.29, 0.717) is 5.92 Å². The molecule has 3 heteroatoms. The van der Waals surface area contributed by atoms with Crippen molar-refractivity contribution in [1.82, 2.24) is 4.98 Å². The topological polar surface area (TPSA) is 25.0 Å². The van der Waals surface area contributed by atoms with Crippen molar-refractivity contribution in [2.45, 2.75) is 33.1 Å². The molecule has 1 aromatic carbocycles. The van der Waals surface area contributed by atoms with Crippen molar-refractivity contribution in [2.75, 3.05) is 6.61 Å². The normalized spacial score (nSPS) is 17.0. The molecule has 0 saturated heterocycles. The van der Waals surface area contributed by atoms with E-state index in [1.165, 1.54) is 22.0 Å². The van der Waals surface area contributed by atoms with Gasteiger partial charge in [-0.3, -0.25) is 0 Å². The second-order valence-corrected chi connectivity index (χ2v) is 6.22. The fraction of sp³-hybridized carbons (Fsp3) is 0.375. The molecule has 0 bridgehead atoms. The predicted molar refractivity (Wildman–Crippen MR) is 83.4 cm³/mol. The van der Waals surface area contributed by atoms with Crippen LogP contribution in [-0.2, 0) is 11.2 Å². The fourth-order valence-electron chi connectivity index (χ4n) is 2.83. The number of ether oxygens (including phenoxy) is 1. The van der Waals surface area contributed by atoms with Gasteiger partial charge >= 0.3 is 0 Å². The second-order valence-electron chi connectivity index (χ2n) is 5.30. The summed E-state index contributed by atoms with van der Waals surface area (Å²) in [5.74, 6) is 1.47. The molecule has 0 unspecified atom stereocenters. The highest BCUT2D eigenvalue weighted by molar-refractivity contribution is 9.10. The Balaban J connectivity index is 2.36. The van der Waals surface area contributed by atoms with E-state index in [-0.39, 0.29) is 0 Å². The highest BCUT2D eigenvalue weighted by Gasteiger charge is 2.22. The number of aromatic amines is 1. The Morgan fingerprint density at radius 2 is 2.16 bits per heavy atom. The van der Waals surface area contributed by atoms with Crippen LogP contribution in [0.25, 0.3) is 16.7 Å². The van der Waals surface area contributed by atoms with E-state index in [4.69, 9.17) is 4.74 Å². The number of aromatic nitrogens is 1. The minimum Gasteiger partial charge on any atom is -0.491 e. The number of hydrogen-bond acceptors (Lipinski definition) is 1. The number of allylic oxidation sites excluding steroid dienone is 1. The van der Waals surface area contributed by atoms with Crippen LogP contribution in [0.4, 0.5) is 0 Å². The van der Waals surface area contributed by atoms with Gasteiger partial charge in [-0.05, 0) is 42.2 Å². The molecular weight excluding hydrogens is 302 g/mol. The van der Waals surface area contributed by atoms with Crippen LogP contribution in [0.1, 0.15) is 43.5 Å². The predicted octanol–water partition coefficient (Wildman–Crippen LogP) is 4.99. The smallest absolute Gasteiger partial charge is 0.138 e. The first-order valence-corrected chi connectivity index (χ1v) is 7.54. The Morgan fingerprint density at radius 1 is 1.37 bits per heavy atom. The van der Waals surface area contributed by atoms with Gasteiger partial charge in [0, 0.05) is 21.8 Å². The molecule has 2 aromatic rings. The van der Waals surface area contributed by atoms with Gasteiger partial charge in [0.25, 0.3) is 0 Å². The number of rotatable bonds is 1. The van der Waals surface area contributed by atoms with Gasteiger partial charge in [0.15, 0.2) is 0 Å². The van der Waals surface area contributed by atoms with E-state index in [9.17, 15) is 0 Å².